The number of carbonyl (C=O) groups is 1. The lowest BCUT2D eigenvalue weighted by Crippen LogP contribution is -2.32. The molecule has 1 saturated heterocycles. The lowest BCUT2D eigenvalue weighted by Gasteiger charge is -2.12. The lowest BCUT2D eigenvalue weighted by molar-refractivity contribution is 0.0857. The highest BCUT2D eigenvalue weighted by Crippen LogP contribution is 2.33. The number of hydrogen-bond acceptors (Lipinski definition) is 6. The van der Waals surface area contributed by atoms with Crippen LogP contribution in [0.2, 0.25) is 0 Å². The van der Waals surface area contributed by atoms with E-state index in [1.54, 1.807) is 29.8 Å². The molecule has 1 aliphatic rings. The number of hydrogen-bond donors (Lipinski definition) is 1. The number of amides is 1. The molecule has 3 aromatic heterocycles. The van der Waals surface area contributed by atoms with Gasteiger partial charge in [0.1, 0.15) is 10.8 Å². The summed E-state index contributed by atoms with van der Waals surface area (Å²) in [6.07, 6.45) is 2.17. The Hall–Kier alpha value is -2.94. The van der Waals surface area contributed by atoms with Crippen LogP contribution in [0.25, 0.3) is 22.0 Å². The molecule has 1 amide bonds. The number of thiophene rings is 1. The number of aromatic nitrogens is 2. The Balaban J connectivity index is 1.45. The minimum absolute atomic E-state index is 0.0650. The predicted octanol–water partition coefficient (Wildman–Crippen LogP) is 5.61. The number of rotatable bonds is 8. The molecular formula is C26H27N3O3S2. The molecule has 1 aromatic carbocycles. The Kier molecular flexibility index (Phi) is 6.80. The maximum absolute atomic E-state index is 13.1. The van der Waals surface area contributed by atoms with Crippen LogP contribution in [0.3, 0.4) is 0 Å². The van der Waals surface area contributed by atoms with Gasteiger partial charge in [0, 0.05) is 34.7 Å². The summed E-state index contributed by atoms with van der Waals surface area (Å²) in [7, 11) is 1.66. The van der Waals surface area contributed by atoms with Crippen LogP contribution in [-0.2, 0) is 11.3 Å². The van der Waals surface area contributed by atoms with Crippen LogP contribution >= 0.6 is 22.7 Å². The van der Waals surface area contributed by atoms with Crippen molar-refractivity contribution in [3.05, 3.63) is 69.4 Å². The van der Waals surface area contributed by atoms with Crippen LogP contribution in [-0.4, -0.2) is 41.8 Å². The Bertz CT molecular complexity index is 1250. The second-order valence-corrected chi connectivity index (χ2v) is 10.2. The van der Waals surface area contributed by atoms with Gasteiger partial charge in [0.15, 0.2) is 0 Å². The first-order valence-electron chi connectivity index (χ1n) is 11.3. The summed E-state index contributed by atoms with van der Waals surface area (Å²) in [5, 5.41) is 8.14. The van der Waals surface area contributed by atoms with Crippen molar-refractivity contribution in [2.45, 2.75) is 32.4 Å². The summed E-state index contributed by atoms with van der Waals surface area (Å²) in [5.41, 5.74) is 4.48. The maximum atomic E-state index is 13.1. The van der Waals surface area contributed by atoms with Gasteiger partial charge in [0.25, 0.3) is 5.91 Å². The number of nitrogens with one attached hydrogen (secondary N) is 1. The van der Waals surface area contributed by atoms with Crippen molar-refractivity contribution in [1.82, 2.24) is 14.9 Å². The molecular weight excluding hydrogens is 466 g/mol. The maximum Gasteiger partial charge on any atom is 0.253 e. The molecule has 1 N–H and O–H groups in total. The van der Waals surface area contributed by atoms with Crippen molar-refractivity contribution in [3.8, 4) is 27.7 Å². The summed E-state index contributed by atoms with van der Waals surface area (Å²) in [5.74, 6) is 0.754. The summed E-state index contributed by atoms with van der Waals surface area (Å²) in [6.45, 7) is 4.03. The minimum atomic E-state index is -0.0650. The molecule has 0 bridgehead atoms. The van der Waals surface area contributed by atoms with Crippen LogP contribution in [0.4, 0.5) is 0 Å². The van der Waals surface area contributed by atoms with E-state index < -0.39 is 0 Å². The first-order valence-corrected chi connectivity index (χ1v) is 13.1. The zero-order valence-corrected chi connectivity index (χ0v) is 20.9. The van der Waals surface area contributed by atoms with Gasteiger partial charge < -0.3 is 19.4 Å². The number of nitrogens with zero attached hydrogens (tertiary/aromatic N) is 2. The van der Waals surface area contributed by atoms with Crippen LogP contribution in [0.1, 0.15) is 33.8 Å². The molecule has 0 radical (unpaired) electrons. The van der Waals surface area contributed by atoms with Crippen LogP contribution in [0.5, 0.6) is 5.75 Å². The summed E-state index contributed by atoms with van der Waals surface area (Å²) in [4.78, 5) is 19.3. The van der Waals surface area contributed by atoms with E-state index in [2.05, 4.69) is 32.8 Å². The minimum Gasteiger partial charge on any atom is -0.497 e. The zero-order valence-electron chi connectivity index (χ0n) is 19.2. The SMILES string of the molecule is COc1ccc(-c2nc(-c3cc(C(=O)NCC4CCCO4)c(C)n3Cc3cccs3)cs2)cc1. The first kappa shape index (κ1) is 22.8. The molecule has 5 rings (SSSR count). The summed E-state index contributed by atoms with van der Waals surface area (Å²) >= 11 is 3.31. The molecule has 34 heavy (non-hydrogen) atoms. The summed E-state index contributed by atoms with van der Waals surface area (Å²) < 4.78 is 13.1. The van der Waals surface area contributed by atoms with Gasteiger partial charge in [-0.25, -0.2) is 4.98 Å². The molecule has 0 spiro atoms. The number of thiazole rings is 1. The molecule has 176 valence electrons. The van der Waals surface area contributed by atoms with E-state index in [-0.39, 0.29) is 12.0 Å². The van der Waals surface area contributed by atoms with Crippen molar-refractivity contribution in [1.29, 1.82) is 0 Å². The van der Waals surface area contributed by atoms with Crippen molar-refractivity contribution in [3.63, 3.8) is 0 Å². The van der Waals surface area contributed by atoms with Gasteiger partial charge in [-0.2, -0.15) is 0 Å². The molecule has 4 aromatic rings. The fourth-order valence-corrected chi connectivity index (χ4v) is 5.73. The van der Waals surface area contributed by atoms with Gasteiger partial charge in [-0.05, 0) is 61.5 Å². The van der Waals surface area contributed by atoms with E-state index in [1.165, 1.54) is 4.88 Å². The second-order valence-electron chi connectivity index (χ2n) is 8.31. The highest BCUT2D eigenvalue weighted by molar-refractivity contribution is 7.13. The lowest BCUT2D eigenvalue weighted by atomic mass is 10.2. The zero-order chi connectivity index (χ0) is 23.5. The largest absolute Gasteiger partial charge is 0.497 e. The topological polar surface area (TPSA) is 65.4 Å². The monoisotopic (exact) mass is 493 g/mol. The molecule has 0 saturated carbocycles. The number of carbonyl (C=O) groups excluding carboxylic acids is 1. The van der Waals surface area contributed by atoms with Gasteiger partial charge in [0.2, 0.25) is 0 Å². The summed E-state index contributed by atoms with van der Waals surface area (Å²) in [6, 6.07) is 14.1. The standard InChI is InChI=1S/C26H27N3O3S2/c1-17-22(25(30)27-14-20-5-3-11-32-20)13-24(29(17)15-21-6-4-12-33-21)23-16-34-26(28-23)18-7-9-19(31-2)10-8-18/h4,6-10,12-13,16,20H,3,5,11,14-15H2,1-2H3,(H,27,30). The van der Waals surface area contributed by atoms with E-state index in [1.807, 2.05) is 37.3 Å². The van der Waals surface area contributed by atoms with Gasteiger partial charge >= 0.3 is 0 Å². The Morgan fingerprint density at radius 2 is 2.12 bits per heavy atom. The average molecular weight is 494 g/mol. The van der Waals surface area contributed by atoms with Crippen molar-refractivity contribution < 1.29 is 14.3 Å². The van der Waals surface area contributed by atoms with Gasteiger partial charge in [0.05, 0.1) is 36.7 Å². The first-order chi connectivity index (χ1) is 16.6. The Morgan fingerprint density at radius 3 is 2.82 bits per heavy atom. The fraction of sp³-hybridized carbons (Fsp3) is 0.308. The Labute approximate surface area is 207 Å². The average Bonchev–Trinajstić information content (AvgIpc) is 3.66. The number of methoxy groups -OCH3 is 1. The van der Waals surface area contributed by atoms with E-state index in [9.17, 15) is 4.79 Å². The number of ether oxygens (including phenoxy) is 2. The third-order valence-corrected chi connectivity index (χ3v) is 7.88. The predicted molar refractivity (Wildman–Crippen MR) is 137 cm³/mol. The molecule has 0 aliphatic carbocycles. The molecule has 1 unspecified atom stereocenters. The highest BCUT2D eigenvalue weighted by atomic mass is 32.1. The van der Waals surface area contributed by atoms with Crippen molar-refractivity contribution in [2.75, 3.05) is 20.3 Å². The van der Waals surface area contributed by atoms with E-state index in [0.717, 1.165) is 52.9 Å². The normalized spacial score (nSPS) is 15.5. The third kappa shape index (κ3) is 4.80. The van der Waals surface area contributed by atoms with Crippen molar-refractivity contribution >= 4 is 28.6 Å². The molecule has 8 heteroatoms. The van der Waals surface area contributed by atoms with Gasteiger partial charge in [-0.1, -0.05) is 6.07 Å². The van der Waals surface area contributed by atoms with Crippen LogP contribution in [0, 0.1) is 6.92 Å². The molecule has 1 aliphatic heterocycles. The second kappa shape index (κ2) is 10.1. The van der Waals surface area contributed by atoms with E-state index in [4.69, 9.17) is 14.5 Å². The molecule has 1 atom stereocenters. The highest BCUT2D eigenvalue weighted by Gasteiger charge is 2.22. The third-order valence-electron chi connectivity index (χ3n) is 6.12. The van der Waals surface area contributed by atoms with Crippen LogP contribution in [0.15, 0.2) is 53.2 Å². The van der Waals surface area contributed by atoms with E-state index >= 15 is 0 Å². The molecule has 1 fully saturated rings. The van der Waals surface area contributed by atoms with Crippen molar-refractivity contribution in [2.24, 2.45) is 0 Å². The fourth-order valence-electron chi connectivity index (χ4n) is 4.21. The smallest absolute Gasteiger partial charge is 0.253 e. The molecule has 6 nitrogen and oxygen atoms in total. The van der Waals surface area contributed by atoms with Crippen LogP contribution < -0.4 is 10.1 Å². The number of benzene rings is 1. The molecule has 4 heterocycles. The van der Waals surface area contributed by atoms with E-state index in [0.29, 0.717) is 18.7 Å². The van der Waals surface area contributed by atoms with Gasteiger partial charge in [-0.15, -0.1) is 22.7 Å². The Morgan fingerprint density at radius 1 is 1.26 bits per heavy atom. The van der Waals surface area contributed by atoms with Gasteiger partial charge in [-0.3, -0.25) is 4.79 Å². The quantitative estimate of drug-likeness (QED) is 0.346.